The fraction of sp³-hybridized carbons (Fsp3) is 0.100. The van der Waals surface area contributed by atoms with Crippen LogP contribution < -0.4 is 4.72 Å². The summed E-state index contributed by atoms with van der Waals surface area (Å²) in [5.41, 5.74) is 2.39. The van der Waals surface area contributed by atoms with E-state index in [4.69, 9.17) is 16.1 Å². The number of benzene rings is 2. The summed E-state index contributed by atoms with van der Waals surface area (Å²) in [6.45, 7) is 0.320. The third-order valence-electron chi connectivity index (χ3n) is 4.16. The average Bonchev–Trinajstić information content (AvgIpc) is 3.39. The van der Waals surface area contributed by atoms with Gasteiger partial charge in [-0.3, -0.25) is 0 Å². The fourth-order valence-corrected chi connectivity index (χ4v) is 5.03. The summed E-state index contributed by atoms with van der Waals surface area (Å²) in [4.78, 5) is 4.35. The van der Waals surface area contributed by atoms with Crippen molar-refractivity contribution in [2.45, 2.75) is 10.6 Å². The highest BCUT2D eigenvalue weighted by Gasteiger charge is 2.19. The molecule has 4 aromatic rings. The summed E-state index contributed by atoms with van der Waals surface area (Å²) < 4.78 is 33.2. The number of aromatic nitrogens is 2. The van der Waals surface area contributed by atoms with Crippen molar-refractivity contribution in [1.82, 2.24) is 14.9 Å². The Labute approximate surface area is 177 Å². The third-order valence-corrected chi connectivity index (χ3v) is 7.32. The fourth-order valence-electron chi connectivity index (χ4n) is 2.67. The van der Waals surface area contributed by atoms with Crippen LogP contribution in [-0.4, -0.2) is 25.1 Å². The lowest BCUT2D eigenvalue weighted by Crippen LogP contribution is -2.25. The minimum Gasteiger partial charge on any atom is -0.334 e. The number of halogens is 1. The van der Waals surface area contributed by atoms with E-state index in [2.05, 4.69) is 14.9 Å². The molecule has 148 valence electrons. The third kappa shape index (κ3) is 4.73. The summed E-state index contributed by atoms with van der Waals surface area (Å²) in [6, 6.07) is 18.3. The van der Waals surface area contributed by atoms with Crippen LogP contribution in [0.4, 0.5) is 0 Å². The largest absolute Gasteiger partial charge is 0.334 e. The standard InChI is InChI=1S/C20H16ClN3O3S2/c21-17-8-6-15(7-9-17)19-23-20(27-24-19)16-12-18(28-13-16)29(25,26)22-11-10-14-4-2-1-3-5-14/h1-9,12-13,22H,10-11H2. The monoisotopic (exact) mass is 445 g/mol. The van der Waals surface area contributed by atoms with Gasteiger partial charge in [0.2, 0.25) is 15.8 Å². The summed E-state index contributed by atoms with van der Waals surface area (Å²) in [7, 11) is -3.60. The molecule has 0 bridgehead atoms. The van der Waals surface area contributed by atoms with Gasteiger partial charge in [-0.25, -0.2) is 13.1 Å². The maximum atomic E-state index is 12.5. The van der Waals surface area contributed by atoms with Crippen LogP contribution in [0.15, 0.2) is 74.8 Å². The molecule has 1 N–H and O–H groups in total. The van der Waals surface area contributed by atoms with Gasteiger partial charge in [-0.2, -0.15) is 4.98 Å². The van der Waals surface area contributed by atoms with Gasteiger partial charge < -0.3 is 4.52 Å². The van der Waals surface area contributed by atoms with Gasteiger partial charge in [0.25, 0.3) is 5.89 Å². The summed E-state index contributed by atoms with van der Waals surface area (Å²) in [5, 5.41) is 6.26. The topological polar surface area (TPSA) is 85.1 Å². The maximum absolute atomic E-state index is 12.5. The Morgan fingerprint density at radius 2 is 1.79 bits per heavy atom. The van der Waals surface area contributed by atoms with Gasteiger partial charge >= 0.3 is 0 Å². The molecule has 0 spiro atoms. The van der Waals surface area contributed by atoms with Gasteiger partial charge in [0.15, 0.2) is 0 Å². The van der Waals surface area contributed by atoms with E-state index in [1.54, 1.807) is 29.6 Å². The lowest BCUT2D eigenvalue weighted by atomic mass is 10.2. The van der Waals surface area contributed by atoms with Crippen LogP contribution in [0.5, 0.6) is 0 Å². The number of hydrogen-bond acceptors (Lipinski definition) is 6. The highest BCUT2D eigenvalue weighted by molar-refractivity contribution is 7.91. The van der Waals surface area contributed by atoms with E-state index in [1.165, 1.54) is 6.07 Å². The molecule has 2 aromatic heterocycles. The van der Waals surface area contributed by atoms with Gasteiger partial charge in [0.05, 0.1) is 5.56 Å². The Kier molecular flexibility index (Phi) is 5.77. The van der Waals surface area contributed by atoms with Crippen molar-refractivity contribution >= 4 is 33.0 Å². The second-order valence-electron chi connectivity index (χ2n) is 6.22. The molecule has 0 aliphatic carbocycles. The molecule has 0 radical (unpaired) electrons. The van der Waals surface area contributed by atoms with E-state index in [0.717, 1.165) is 22.5 Å². The first-order chi connectivity index (χ1) is 14.0. The van der Waals surface area contributed by atoms with Gasteiger partial charge in [-0.1, -0.05) is 47.1 Å². The number of nitrogens with one attached hydrogen (secondary N) is 1. The Morgan fingerprint density at radius 1 is 1.03 bits per heavy atom. The molecule has 2 heterocycles. The first-order valence-electron chi connectivity index (χ1n) is 8.73. The van der Waals surface area contributed by atoms with Crippen molar-refractivity contribution in [3.63, 3.8) is 0 Å². The van der Waals surface area contributed by atoms with Crippen molar-refractivity contribution in [2.24, 2.45) is 0 Å². The van der Waals surface area contributed by atoms with Crippen LogP contribution in [0.1, 0.15) is 5.56 Å². The number of rotatable bonds is 7. The van der Waals surface area contributed by atoms with Crippen molar-refractivity contribution in [3.8, 4) is 22.8 Å². The highest BCUT2D eigenvalue weighted by atomic mass is 35.5. The van der Waals surface area contributed by atoms with Crippen molar-refractivity contribution < 1.29 is 12.9 Å². The van der Waals surface area contributed by atoms with E-state index in [0.29, 0.717) is 29.4 Å². The van der Waals surface area contributed by atoms with Gasteiger partial charge in [0.1, 0.15) is 4.21 Å². The summed E-state index contributed by atoms with van der Waals surface area (Å²) in [6.07, 6.45) is 0.617. The smallest absolute Gasteiger partial charge is 0.259 e. The Hall–Kier alpha value is -2.52. The molecule has 2 aromatic carbocycles. The second-order valence-corrected chi connectivity index (χ2v) is 9.56. The molecule has 0 aliphatic rings. The van der Waals surface area contributed by atoms with E-state index < -0.39 is 10.0 Å². The van der Waals surface area contributed by atoms with Gasteiger partial charge in [-0.15, -0.1) is 11.3 Å². The molecule has 29 heavy (non-hydrogen) atoms. The molecular formula is C20H16ClN3O3S2. The highest BCUT2D eigenvalue weighted by Crippen LogP contribution is 2.29. The number of sulfonamides is 1. The van der Waals surface area contributed by atoms with Gasteiger partial charge in [-0.05, 0) is 42.3 Å². The Balaban J connectivity index is 1.45. The van der Waals surface area contributed by atoms with Crippen LogP contribution in [-0.2, 0) is 16.4 Å². The molecule has 0 fully saturated rings. The molecule has 0 amide bonds. The SMILES string of the molecule is O=S(=O)(NCCc1ccccc1)c1cc(-c2nc(-c3ccc(Cl)cc3)no2)cs1. The zero-order valence-corrected chi connectivity index (χ0v) is 17.5. The van der Waals surface area contributed by atoms with E-state index in [9.17, 15) is 8.42 Å². The average molecular weight is 446 g/mol. The van der Waals surface area contributed by atoms with Crippen LogP contribution in [0, 0.1) is 0 Å². The minimum absolute atomic E-state index is 0.201. The summed E-state index contributed by atoms with van der Waals surface area (Å²) in [5.74, 6) is 0.671. The van der Waals surface area contributed by atoms with Crippen molar-refractivity contribution in [3.05, 3.63) is 76.6 Å². The molecular weight excluding hydrogens is 430 g/mol. The van der Waals surface area contributed by atoms with Gasteiger partial charge in [0, 0.05) is 22.5 Å². The lowest BCUT2D eigenvalue weighted by Gasteiger charge is -2.04. The molecule has 0 aliphatic heterocycles. The maximum Gasteiger partial charge on any atom is 0.259 e. The molecule has 0 saturated heterocycles. The first-order valence-corrected chi connectivity index (χ1v) is 11.5. The zero-order valence-electron chi connectivity index (χ0n) is 15.1. The summed E-state index contributed by atoms with van der Waals surface area (Å²) >= 11 is 7.00. The quantitative estimate of drug-likeness (QED) is 0.448. The molecule has 4 rings (SSSR count). The normalized spacial score (nSPS) is 11.6. The van der Waals surface area contributed by atoms with E-state index >= 15 is 0 Å². The van der Waals surface area contributed by atoms with Crippen molar-refractivity contribution in [2.75, 3.05) is 6.54 Å². The predicted molar refractivity (Wildman–Crippen MR) is 113 cm³/mol. The molecule has 9 heteroatoms. The van der Waals surface area contributed by atoms with Crippen molar-refractivity contribution in [1.29, 1.82) is 0 Å². The minimum atomic E-state index is -3.60. The zero-order chi connectivity index (χ0) is 20.3. The second kappa shape index (κ2) is 8.46. The lowest BCUT2D eigenvalue weighted by molar-refractivity contribution is 0.432. The molecule has 0 saturated carbocycles. The number of hydrogen-bond donors (Lipinski definition) is 1. The predicted octanol–water partition coefficient (Wildman–Crippen LogP) is 4.64. The number of thiophene rings is 1. The van der Waals surface area contributed by atoms with Crippen LogP contribution in [0.25, 0.3) is 22.8 Å². The molecule has 0 atom stereocenters. The van der Waals surface area contributed by atoms with Crippen LogP contribution in [0.3, 0.4) is 0 Å². The van der Waals surface area contributed by atoms with E-state index in [-0.39, 0.29) is 10.1 Å². The Morgan fingerprint density at radius 3 is 2.55 bits per heavy atom. The van der Waals surface area contributed by atoms with Crippen LogP contribution >= 0.6 is 22.9 Å². The molecule has 6 nitrogen and oxygen atoms in total. The molecule has 0 unspecified atom stereocenters. The number of nitrogens with zero attached hydrogens (tertiary/aromatic N) is 2. The Bertz CT molecular complexity index is 1200. The van der Waals surface area contributed by atoms with E-state index in [1.807, 2.05) is 30.3 Å². The first kappa shape index (κ1) is 19.8. The van der Waals surface area contributed by atoms with Crippen LogP contribution in [0.2, 0.25) is 5.02 Å².